The number of halogens is 2. The molecule has 2 aromatic carbocycles. The van der Waals surface area contributed by atoms with Crippen LogP contribution < -0.4 is 25.4 Å². The van der Waals surface area contributed by atoms with Gasteiger partial charge in [0.05, 0.1) is 29.1 Å². The van der Waals surface area contributed by atoms with E-state index in [1.165, 1.54) is 61.9 Å². The molecule has 4 N–H and O–H groups in total. The first-order valence-electron chi connectivity index (χ1n) is 13.3. The van der Waals surface area contributed by atoms with Crippen molar-refractivity contribution in [2.24, 2.45) is 5.41 Å². The lowest BCUT2D eigenvalue weighted by atomic mass is 10.0. The molecule has 1 fully saturated rings. The molecule has 11 nitrogen and oxygen atoms in total. The van der Waals surface area contributed by atoms with Crippen molar-refractivity contribution >= 4 is 40.0 Å². The number of amides is 3. The van der Waals surface area contributed by atoms with Crippen LogP contribution >= 0.6 is 0 Å². The average Bonchev–Trinajstić information content (AvgIpc) is 3.80. The highest BCUT2D eigenvalue weighted by Gasteiger charge is 2.56. The van der Waals surface area contributed by atoms with Crippen LogP contribution in [0.15, 0.2) is 60.9 Å². The maximum absolute atomic E-state index is 15.1. The Morgan fingerprint density at radius 1 is 0.977 bits per heavy atom. The Bertz CT molecular complexity index is 1710. The number of aliphatic hydroxyl groups excluding tert-OH is 1. The van der Waals surface area contributed by atoms with Gasteiger partial charge >= 0.3 is 0 Å². The summed E-state index contributed by atoms with van der Waals surface area (Å²) in [6.45, 7) is 1.49. The number of ether oxygens (including phenoxy) is 2. The molecule has 2 aromatic heterocycles. The highest BCUT2D eigenvalue weighted by atomic mass is 19.1. The van der Waals surface area contributed by atoms with Crippen LogP contribution in [0.1, 0.15) is 30.1 Å². The van der Waals surface area contributed by atoms with Crippen LogP contribution in [0, 0.1) is 17.0 Å². The number of carbonyl (C=O) groups excluding carboxylic acids is 3. The Morgan fingerprint density at radius 3 is 2.30 bits per heavy atom. The van der Waals surface area contributed by atoms with Crippen molar-refractivity contribution in [3.63, 3.8) is 0 Å². The molecule has 0 aliphatic heterocycles. The lowest BCUT2D eigenvalue weighted by molar-refractivity contribution is -0.131. The molecule has 4 aromatic rings. The summed E-state index contributed by atoms with van der Waals surface area (Å²) >= 11 is 0. The third-order valence-corrected chi connectivity index (χ3v) is 6.75. The number of aromatic nitrogens is 2. The van der Waals surface area contributed by atoms with E-state index < -0.39 is 46.8 Å². The standard InChI is InChI=1S/C30H27F2N5O6/c1-16(38)15-42-25-13-23-20(12-21(25)26(39)33-2)24(7-10-34-23)43-27-22(32)11-19(14-35-27)37-29(41)30(8-9-30)28(40)36-18-5-3-17(31)4-6-18/h3-7,10-14,16,38H,8-9,15H2,1-2H3,(H,33,39)(H,36,40)(H,37,41). The number of benzene rings is 2. The molecule has 3 amide bonds. The number of rotatable bonds is 10. The van der Waals surface area contributed by atoms with Crippen molar-refractivity contribution in [3.8, 4) is 17.4 Å². The first-order valence-corrected chi connectivity index (χ1v) is 13.3. The van der Waals surface area contributed by atoms with E-state index in [1.807, 2.05) is 0 Å². The first-order chi connectivity index (χ1) is 20.6. The summed E-state index contributed by atoms with van der Waals surface area (Å²) in [4.78, 5) is 46.6. The summed E-state index contributed by atoms with van der Waals surface area (Å²) in [5.74, 6) is -3.05. The third kappa shape index (κ3) is 6.36. The molecule has 13 heteroatoms. The summed E-state index contributed by atoms with van der Waals surface area (Å²) in [6, 6.07) is 10.6. The summed E-state index contributed by atoms with van der Waals surface area (Å²) < 4.78 is 39.6. The van der Waals surface area contributed by atoms with Crippen molar-refractivity contribution in [1.29, 1.82) is 0 Å². The van der Waals surface area contributed by atoms with Crippen molar-refractivity contribution < 1.29 is 37.7 Å². The molecular weight excluding hydrogens is 564 g/mol. The van der Waals surface area contributed by atoms with E-state index in [0.717, 1.165) is 6.07 Å². The second kappa shape index (κ2) is 12.0. The smallest absolute Gasteiger partial charge is 0.256 e. The number of aliphatic hydroxyl groups is 1. The van der Waals surface area contributed by atoms with Crippen LogP contribution in [0.2, 0.25) is 0 Å². The number of anilines is 2. The minimum absolute atomic E-state index is 0.0112. The quantitative estimate of drug-likeness (QED) is 0.201. The number of pyridine rings is 2. The fourth-order valence-corrected chi connectivity index (χ4v) is 4.27. The SMILES string of the molecule is CNC(=O)c1cc2c(Oc3ncc(NC(=O)C4(C(=O)Nc5ccc(F)cc5)CC4)cc3F)ccnc2cc1OCC(C)O. The molecule has 1 saturated carbocycles. The Labute approximate surface area is 244 Å². The number of nitrogens with one attached hydrogen (secondary N) is 3. The molecule has 1 atom stereocenters. The fraction of sp³-hybridized carbons (Fsp3) is 0.233. The van der Waals surface area contributed by atoms with E-state index in [1.54, 1.807) is 6.92 Å². The monoisotopic (exact) mass is 591 g/mol. The Hall–Kier alpha value is -5.17. The largest absolute Gasteiger partial charge is 0.490 e. The normalized spacial score (nSPS) is 14.0. The minimum Gasteiger partial charge on any atom is -0.490 e. The molecule has 1 aliphatic carbocycles. The molecule has 0 radical (unpaired) electrons. The number of carbonyl (C=O) groups is 3. The van der Waals surface area contributed by atoms with Gasteiger partial charge in [0.25, 0.3) is 11.8 Å². The molecular formula is C30H27F2N5O6. The van der Waals surface area contributed by atoms with Crippen LogP contribution in [0.5, 0.6) is 17.4 Å². The molecule has 43 heavy (non-hydrogen) atoms. The maximum Gasteiger partial charge on any atom is 0.256 e. The first kappa shape index (κ1) is 29.3. The zero-order valence-electron chi connectivity index (χ0n) is 23.1. The van der Waals surface area contributed by atoms with E-state index in [2.05, 4.69) is 25.9 Å². The number of hydrogen-bond donors (Lipinski definition) is 4. The number of nitrogens with zero attached hydrogens (tertiary/aromatic N) is 2. The van der Waals surface area contributed by atoms with Gasteiger partial charge in [-0.3, -0.25) is 19.4 Å². The van der Waals surface area contributed by atoms with Gasteiger partial charge in [-0.25, -0.2) is 13.8 Å². The number of hydrogen-bond acceptors (Lipinski definition) is 8. The molecule has 1 aliphatic rings. The molecule has 0 saturated heterocycles. The van der Waals surface area contributed by atoms with E-state index in [4.69, 9.17) is 9.47 Å². The lowest BCUT2D eigenvalue weighted by Crippen LogP contribution is -2.35. The summed E-state index contributed by atoms with van der Waals surface area (Å²) in [5, 5.41) is 17.6. The minimum atomic E-state index is -1.34. The Morgan fingerprint density at radius 2 is 1.67 bits per heavy atom. The third-order valence-electron chi connectivity index (χ3n) is 6.75. The zero-order chi connectivity index (χ0) is 30.7. The van der Waals surface area contributed by atoms with Gasteiger partial charge in [-0.1, -0.05) is 0 Å². The highest BCUT2D eigenvalue weighted by Crippen LogP contribution is 2.47. The second-order valence-corrected chi connectivity index (χ2v) is 10.0. The van der Waals surface area contributed by atoms with Gasteiger partial charge in [-0.05, 0) is 56.2 Å². The van der Waals surface area contributed by atoms with E-state index in [0.29, 0.717) is 29.4 Å². The van der Waals surface area contributed by atoms with Gasteiger partial charge in [0, 0.05) is 36.5 Å². The predicted molar refractivity (Wildman–Crippen MR) is 152 cm³/mol. The van der Waals surface area contributed by atoms with Crippen LogP contribution in [-0.2, 0) is 9.59 Å². The molecule has 0 spiro atoms. The molecule has 1 unspecified atom stereocenters. The van der Waals surface area contributed by atoms with Gasteiger partial charge in [0.2, 0.25) is 11.8 Å². The van der Waals surface area contributed by atoms with Gasteiger partial charge in [-0.15, -0.1) is 0 Å². The molecule has 5 rings (SSSR count). The van der Waals surface area contributed by atoms with Crippen molar-refractivity contribution in [3.05, 3.63) is 78.1 Å². The Balaban J connectivity index is 1.33. The maximum atomic E-state index is 15.1. The van der Waals surface area contributed by atoms with E-state index >= 15 is 4.39 Å². The van der Waals surface area contributed by atoms with Gasteiger partial charge in [0.15, 0.2) is 5.82 Å². The summed E-state index contributed by atoms with van der Waals surface area (Å²) in [5.41, 5.74) is -0.455. The van der Waals surface area contributed by atoms with Gasteiger partial charge < -0.3 is 30.5 Å². The van der Waals surface area contributed by atoms with Crippen LogP contribution in [0.4, 0.5) is 20.2 Å². The van der Waals surface area contributed by atoms with Crippen LogP contribution in [0.25, 0.3) is 10.9 Å². The molecule has 222 valence electrons. The fourth-order valence-electron chi connectivity index (χ4n) is 4.27. The van der Waals surface area contributed by atoms with Crippen molar-refractivity contribution in [2.45, 2.75) is 25.9 Å². The summed E-state index contributed by atoms with van der Waals surface area (Å²) in [7, 11) is 1.45. The molecule has 2 heterocycles. The topological polar surface area (TPSA) is 152 Å². The highest BCUT2D eigenvalue weighted by molar-refractivity contribution is 6.16. The Kier molecular flexibility index (Phi) is 8.17. The second-order valence-electron chi connectivity index (χ2n) is 10.0. The summed E-state index contributed by atoms with van der Waals surface area (Å²) in [6.07, 6.45) is 2.43. The van der Waals surface area contributed by atoms with Crippen molar-refractivity contribution in [2.75, 3.05) is 24.3 Å². The van der Waals surface area contributed by atoms with E-state index in [-0.39, 0.29) is 29.4 Å². The lowest BCUT2D eigenvalue weighted by Gasteiger charge is -2.16. The van der Waals surface area contributed by atoms with Crippen molar-refractivity contribution in [1.82, 2.24) is 15.3 Å². The number of fused-ring (bicyclic) bond motifs is 1. The van der Waals surface area contributed by atoms with Gasteiger partial charge in [0.1, 0.15) is 29.3 Å². The van der Waals surface area contributed by atoms with Crippen LogP contribution in [0.3, 0.4) is 0 Å². The average molecular weight is 592 g/mol. The van der Waals surface area contributed by atoms with Gasteiger partial charge in [-0.2, -0.15) is 0 Å². The zero-order valence-corrected chi connectivity index (χ0v) is 23.1. The van der Waals surface area contributed by atoms with E-state index in [9.17, 15) is 23.9 Å². The molecule has 0 bridgehead atoms. The predicted octanol–water partition coefficient (Wildman–Crippen LogP) is 4.18. The van der Waals surface area contributed by atoms with Crippen LogP contribution in [-0.4, -0.2) is 52.6 Å².